The largest absolute Gasteiger partial charge is 0.504 e. The topological polar surface area (TPSA) is 77.8 Å². The Morgan fingerprint density at radius 1 is 0.857 bits per heavy atom. The second kappa shape index (κ2) is 13.3. The maximum Gasteiger partial charge on any atom is 0.374 e. The van der Waals surface area contributed by atoms with Crippen molar-refractivity contribution in [2.24, 2.45) is 0 Å². The number of aliphatic hydroxyl groups is 2. The standard InChI is InChI=1S/C17H28O4/c1-2-3-4-5-6-7-8-9-10-11-12-13-14-15(18)16(19)17(20)21/h11-14,18-19H,2-10H2,1H3,(H,20,21). The van der Waals surface area contributed by atoms with Gasteiger partial charge >= 0.3 is 5.97 Å². The van der Waals surface area contributed by atoms with Crippen molar-refractivity contribution in [3.05, 3.63) is 35.8 Å². The summed E-state index contributed by atoms with van der Waals surface area (Å²) in [5.41, 5.74) is 0. The molecule has 0 saturated carbocycles. The van der Waals surface area contributed by atoms with Crippen LogP contribution in [0.15, 0.2) is 35.8 Å². The van der Waals surface area contributed by atoms with Crippen molar-refractivity contribution in [1.82, 2.24) is 0 Å². The molecule has 0 aromatic carbocycles. The van der Waals surface area contributed by atoms with Crippen molar-refractivity contribution in [3.8, 4) is 0 Å². The fourth-order valence-electron chi connectivity index (χ4n) is 1.91. The smallest absolute Gasteiger partial charge is 0.374 e. The SMILES string of the molecule is CCCCCCCCCCC=CC=CC(O)=C(O)C(=O)O. The molecule has 0 aliphatic rings. The monoisotopic (exact) mass is 296 g/mol. The van der Waals surface area contributed by atoms with Crippen molar-refractivity contribution in [2.75, 3.05) is 0 Å². The van der Waals surface area contributed by atoms with E-state index in [-0.39, 0.29) is 0 Å². The molecule has 0 saturated heterocycles. The lowest BCUT2D eigenvalue weighted by molar-refractivity contribution is -0.135. The first-order chi connectivity index (χ1) is 10.1. The molecule has 0 heterocycles. The summed E-state index contributed by atoms with van der Waals surface area (Å²) in [6, 6.07) is 0. The molecule has 4 nitrogen and oxygen atoms in total. The van der Waals surface area contributed by atoms with E-state index in [9.17, 15) is 9.90 Å². The minimum absolute atomic E-state index is 0.640. The lowest BCUT2D eigenvalue weighted by Crippen LogP contribution is -2.02. The number of carboxylic acids is 1. The van der Waals surface area contributed by atoms with E-state index in [4.69, 9.17) is 10.2 Å². The van der Waals surface area contributed by atoms with Crippen molar-refractivity contribution in [3.63, 3.8) is 0 Å². The van der Waals surface area contributed by atoms with E-state index >= 15 is 0 Å². The highest BCUT2D eigenvalue weighted by molar-refractivity contribution is 5.84. The minimum Gasteiger partial charge on any atom is -0.504 e. The van der Waals surface area contributed by atoms with Gasteiger partial charge in [0.15, 0.2) is 5.76 Å². The van der Waals surface area contributed by atoms with Gasteiger partial charge in [-0.1, -0.05) is 70.1 Å². The molecule has 3 N–H and O–H groups in total. The molecule has 21 heavy (non-hydrogen) atoms. The van der Waals surface area contributed by atoms with Crippen molar-refractivity contribution < 1.29 is 20.1 Å². The molecular weight excluding hydrogens is 268 g/mol. The van der Waals surface area contributed by atoms with Crippen molar-refractivity contribution >= 4 is 5.97 Å². The number of aliphatic carboxylic acids is 1. The van der Waals surface area contributed by atoms with Crippen LogP contribution >= 0.6 is 0 Å². The molecule has 0 unspecified atom stereocenters. The number of aliphatic hydroxyl groups excluding tert-OH is 2. The molecule has 0 bridgehead atoms. The fraction of sp³-hybridized carbons (Fsp3) is 0.588. The number of hydrogen-bond donors (Lipinski definition) is 3. The first-order valence-corrected chi connectivity index (χ1v) is 7.78. The predicted molar refractivity (Wildman–Crippen MR) is 85.4 cm³/mol. The Balaban J connectivity index is 3.61. The fourth-order valence-corrected chi connectivity index (χ4v) is 1.91. The summed E-state index contributed by atoms with van der Waals surface area (Å²) >= 11 is 0. The van der Waals surface area contributed by atoms with E-state index in [1.165, 1.54) is 51.0 Å². The summed E-state index contributed by atoms with van der Waals surface area (Å²) in [5, 5.41) is 26.5. The van der Waals surface area contributed by atoms with Gasteiger partial charge in [-0.15, -0.1) is 0 Å². The Kier molecular flexibility index (Phi) is 12.2. The Bertz CT molecular complexity index is 367. The molecule has 0 radical (unpaired) electrons. The molecule has 0 atom stereocenters. The number of rotatable bonds is 12. The quantitative estimate of drug-likeness (QED) is 0.204. The summed E-state index contributed by atoms with van der Waals surface area (Å²) in [7, 11) is 0. The third kappa shape index (κ3) is 11.8. The molecular formula is C17H28O4. The summed E-state index contributed by atoms with van der Waals surface area (Å²) < 4.78 is 0. The van der Waals surface area contributed by atoms with Gasteiger partial charge < -0.3 is 15.3 Å². The lowest BCUT2D eigenvalue weighted by Gasteiger charge is -1.99. The van der Waals surface area contributed by atoms with Crippen LogP contribution in [-0.4, -0.2) is 21.3 Å². The summed E-state index contributed by atoms with van der Waals surface area (Å²) in [4.78, 5) is 10.3. The molecule has 120 valence electrons. The molecule has 0 aliphatic heterocycles. The number of allylic oxidation sites excluding steroid dienone is 4. The Morgan fingerprint density at radius 2 is 1.43 bits per heavy atom. The predicted octanol–water partition coefficient (Wildman–Crippen LogP) is 5.04. The van der Waals surface area contributed by atoms with Crippen LogP contribution in [0.25, 0.3) is 0 Å². The van der Waals surface area contributed by atoms with Gasteiger partial charge in [0.2, 0.25) is 5.76 Å². The highest BCUT2D eigenvalue weighted by atomic mass is 16.4. The zero-order chi connectivity index (χ0) is 15.9. The van der Waals surface area contributed by atoms with Gasteiger partial charge in [-0.05, 0) is 18.9 Å². The van der Waals surface area contributed by atoms with E-state index in [1.807, 2.05) is 6.08 Å². The first-order valence-electron chi connectivity index (χ1n) is 7.78. The molecule has 0 amide bonds. The summed E-state index contributed by atoms with van der Waals surface area (Å²) in [5.74, 6) is -3.22. The molecule has 0 spiro atoms. The number of carbonyl (C=O) groups is 1. The van der Waals surface area contributed by atoms with Gasteiger partial charge in [0.1, 0.15) is 0 Å². The average molecular weight is 296 g/mol. The molecule has 0 fully saturated rings. The Hall–Kier alpha value is -1.71. The maximum absolute atomic E-state index is 10.3. The minimum atomic E-state index is -1.54. The third-order valence-corrected chi connectivity index (χ3v) is 3.17. The number of hydrogen-bond acceptors (Lipinski definition) is 3. The lowest BCUT2D eigenvalue weighted by atomic mass is 10.1. The second-order valence-electron chi connectivity index (χ2n) is 5.09. The van der Waals surface area contributed by atoms with E-state index < -0.39 is 17.5 Å². The summed E-state index contributed by atoms with van der Waals surface area (Å²) in [6.07, 6.45) is 17.6. The molecule has 0 rings (SSSR count). The van der Waals surface area contributed by atoms with Gasteiger partial charge in [-0.2, -0.15) is 0 Å². The van der Waals surface area contributed by atoms with E-state index in [1.54, 1.807) is 6.08 Å². The van der Waals surface area contributed by atoms with Crippen LogP contribution in [-0.2, 0) is 4.79 Å². The van der Waals surface area contributed by atoms with Gasteiger partial charge in [0.25, 0.3) is 0 Å². The van der Waals surface area contributed by atoms with Gasteiger partial charge in [-0.3, -0.25) is 0 Å². The molecule has 0 aliphatic carbocycles. The highest BCUT2D eigenvalue weighted by Gasteiger charge is 2.08. The van der Waals surface area contributed by atoms with Crippen LogP contribution in [0, 0.1) is 0 Å². The molecule has 0 aromatic rings. The zero-order valence-electron chi connectivity index (χ0n) is 12.9. The van der Waals surface area contributed by atoms with Crippen LogP contribution in [0.2, 0.25) is 0 Å². The van der Waals surface area contributed by atoms with E-state index in [2.05, 4.69) is 6.92 Å². The Labute approximate surface area is 127 Å². The summed E-state index contributed by atoms with van der Waals surface area (Å²) in [6.45, 7) is 2.22. The Morgan fingerprint density at radius 3 is 2.00 bits per heavy atom. The van der Waals surface area contributed by atoms with Crippen LogP contribution in [0.3, 0.4) is 0 Å². The second-order valence-corrected chi connectivity index (χ2v) is 5.09. The van der Waals surface area contributed by atoms with Crippen LogP contribution in [0.4, 0.5) is 0 Å². The van der Waals surface area contributed by atoms with Gasteiger partial charge in [0.05, 0.1) is 0 Å². The average Bonchev–Trinajstić information content (AvgIpc) is 2.47. The van der Waals surface area contributed by atoms with Crippen LogP contribution in [0.1, 0.15) is 64.7 Å². The van der Waals surface area contributed by atoms with Crippen molar-refractivity contribution in [1.29, 1.82) is 0 Å². The van der Waals surface area contributed by atoms with Crippen LogP contribution in [0.5, 0.6) is 0 Å². The van der Waals surface area contributed by atoms with E-state index in [0.717, 1.165) is 18.9 Å². The van der Waals surface area contributed by atoms with Crippen LogP contribution < -0.4 is 0 Å². The van der Waals surface area contributed by atoms with E-state index in [0.29, 0.717) is 0 Å². The normalized spacial score (nSPS) is 13.0. The number of unbranched alkanes of at least 4 members (excludes halogenated alkanes) is 8. The van der Waals surface area contributed by atoms with Crippen molar-refractivity contribution in [2.45, 2.75) is 64.7 Å². The van der Waals surface area contributed by atoms with Gasteiger partial charge in [0, 0.05) is 0 Å². The third-order valence-electron chi connectivity index (χ3n) is 3.17. The van der Waals surface area contributed by atoms with Gasteiger partial charge in [-0.25, -0.2) is 4.79 Å². The maximum atomic E-state index is 10.3. The highest BCUT2D eigenvalue weighted by Crippen LogP contribution is 2.09. The zero-order valence-corrected chi connectivity index (χ0v) is 12.9. The first kappa shape index (κ1) is 19.3. The number of carboxylic acid groups (broad SMARTS) is 1. The molecule has 4 heteroatoms. The molecule has 0 aromatic heterocycles.